The fraction of sp³-hybridized carbons (Fsp3) is 0.850. The topological polar surface area (TPSA) is 119 Å². The van der Waals surface area contributed by atoms with Gasteiger partial charge in [-0.15, -0.1) is 0 Å². The summed E-state index contributed by atoms with van der Waals surface area (Å²) in [5, 5.41) is 20.2. The lowest BCUT2D eigenvalue weighted by molar-refractivity contribution is -0.178. The molecule has 0 saturated carbocycles. The maximum atomic E-state index is 13.2. The minimum absolute atomic E-state index is 0.133. The van der Waals surface area contributed by atoms with Crippen LogP contribution in [0.4, 0.5) is 0 Å². The van der Waals surface area contributed by atoms with Gasteiger partial charge in [0.15, 0.2) is 6.10 Å². The van der Waals surface area contributed by atoms with Crippen LogP contribution in [0.15, 0.2) is 36.5 Å². The summed E-state index contributed by atoms with van der Waals surface area (Å²) in [6.45, 7) is 5.95. The summed E-state index contributed by atoms with van der Waals surface area (Å²) in [4.78, 5) is 39.3. The number of ether oxygens (including phenoxy) is 3. The molecule has 8 heteroatoms. The van der Waals surface area contributed by atoms with Gasteiger partial charge in [0.05, 0.1) is 12.7 Å². The van der Waals surface area contributed by atoms with E-state index in [9.17, 15) is 24.6 Å². The lowest BCUT2D eigenvalue weighted by atomic mass is 10.1. The lowest BCUT2D eigenvalue weighted by Gasteiger charge is -2.28. The van der Waals surface area contributed by atoms with Gasteiger partial charge in [-0.3, -0.25) is 14.4 Å². The third-order valence-corrected chi connectivity index (χ3v) is 13.0. The van der Waals surface area contributed by atoms with Gasteiger partial charge in [-0.1, -0.05) is 211 Å². The Morgan fingerprint density at radius 2 is 0.632 bits per heavy atom. The number of rotatable bonds is 53. The highest BCUT2D eigenvalue weighted by Crippen LogP contribution is 2.19. The van der Waals surface area contributed by atoms with Crippen molar-refractivity contribution < 1.29 is 38.8 Å². The van der Waals surface area contributed by atoms with Gasteiger partial charge >= 0.3 is 17.9 Å². The molecule has 0 aromatic carbocycles. The second kappa shape index (κ2) is 53.9. The maximum Gasteiger partial charge on any atom is 0.306 e. The molecule has 0 aliphatic rings. The van der Waals surface area contributed by atoms with E-state index < -0.39 is 36.9 Å². The second-order valence-corrected chi connectivity index (χ2v) is 19.8. The molecule has 0 aliphatic heterocycles. The van der Waals surface area contributed by atoms with Crippen molar-refractivity contribution in [1.29, 1.82) is 0 Å². The average molecular weight is 960 g/mol. The summed E-state index contributed by atoms with van der Waals surface area (Å²) < 4.78 is 17.4. The van der Waals surface area contributed by atoms with Crippen molar-refractivity contribution in [2.45, 2.75) is 315 Å². The van der Waals surface area contributed by atoms with Crippen LogP contribution in [0.5, 0.6) is 0 Å². The molecule has 398 valence electrons. The number of carbonyl (C=O) groups is 3. The largest absolute Gasteiger partial charge is 0.462 e. The fourth-order valence-corrected chi connectivity index (χ4v) is 8.56. The molecule has 2 N–H and O–H groups in total. The van der Waals surface area contributed by atoms with E-state index in [-0.39, 0.29) is 38.3 Å². The van der Waals surface area contributed by atoms with Crippen molar-refractivity contribution in [3.05, 3.63) is 36.5 Å². The molecule has 3 atom stereocenters. The number of hydrogen-bond acceptors (Lipinski definition) is 8. The van der Waals surface area contributed by atoms with Gasteiger partial charge in [0, 0.05) is 25.7 Å². The first-order valence-corrected chi connectivity index (χ1v) is 29.2. The molecule has 0 radical (unpaired) electrons. The van der Waals surface area contributed by atoms with Crippen LogP contribution in [-0.4, -0.2) is 59.6 Å². The van der Waals surface area contributed by atoms with E-state index in [4.69, 9.17) is 14.2 Å². The molecule has 0 amide bonds. The molecule has 0 aromatic rings. The summed E-state index contributed by atoms with van der Waals surface area (Å²) in [6.07, 6.45) is 56.5. The highest BCUT2D eigenvalue weighted by Gasteiger charge is 2.32. The maximum absolute atomic E-state index is 13.2. The molecule has 0 bridgehead atoms. The van der Waals surface area contributed by atoms with Crippen molar-refractivity contribution in [2.75, 3.05) is 13.2 Å². The van der Waals surface area contributed by atoms with E-state index in [2.05, 4.69) is 57.2 Å². The molecule has 0 heterocycles. The first-order valence-electron chi connectivity index (χ1n) is 29.2. The molecule has 0 aromatic heterocycles. The molecule has 8 nitrogen and oxygen atoms in total. The summed E-state index contributed by atoms with van der Waals surface area (Å²) in [6, 6.07) is 0. The van der Waals surface area contributed by atoms with Gasteiger partial charge in [-0.05, 0) is 96.3 Å². The van der Waals surface area contributed by atoms with E-state index in [1.165, 1.54) is 135 Å². The number of hydrogen-bond donors (Lipinski definition) is 2. The van der Waals surface area contributed by atoms with Crippen LogP contribution in [0.3, 0.4) is 0 Å². The van der Waals surface area contributed by atoms with Crippen molar-refractivity contribution in [2.24, 2.45) is 0 Å². The van der Waals surface area contributed by atoms with Gasteiger partial charge < -0.3 is 24.4 Å². The van der Waals surface area contributed by atoms with Gasteiger partial charge in [0.2, 0.25) is 0 Å². The molecule has 0 fully saturated rings. The van der Waals surface area contributed by atoms with Crippen LogP contribution in [0.1, 0.15) is 297 Å². The quantitative estimate of drug-likeness (QED) is 0.0268. The van der Waals surface area contributed by atoms with E-state index >= 15 is 0 Å². The first kappa shape index (κ1) is 65.5. The lowest BCUT2D eigenvalue weighted by Crippen LogP contribution is -2.41. The van der Waals surface area contributed by atoms with Crippen molar-refractivity contribution in [1.82, 2.24) is 0 Å². The van der Waals surface area contributed by atoms with E-state index in [0.717, 1.165) is 96.3 Å². The van der Waals surface area contributed by atoms with Crippen LogP contribution in [0.25, 0.3) is 0 Å². The average Bonchev–Trinajstić information content (AvgIpc) is 3.33. The van der Waals surface area contributed by atoms with Gasteiger partial charge in [0.1, 0.15) is 12.7 Å². The summed E-state index contributed by atoms with van der Waals surface area (Å²) >= 11 is 0. The van der Waals surface area contributed by atoms with Gasteiger partial charge in [-0.2, -0.15) is 0 Å². The number of esters is 3. The molecule has 0 rings (SSSR count). The first-order chi connectivity index (χ1) is 33.4. The van der Waals surface area contributed by atoms with E-state index in [1.807, 2.05) is 0 Å². The monoisotopic (exact) mass is 959 g/mol. The van der Waals surface area contributed by atoms with Gasteiger partial charge in [0.25, 0.3) is 0 Å². The summed E-state index contributed by atoms with van der Waals surface area (Å²) in [5.41, 5.74) is 0. The Kier molecular flexibility index (Phi) is 52.0. The van der Waals surface area contributed by atoms with E-state index in [0.29, 0.717) is 19.3 Å². The third-order valence-electron chi connectivity index (χ3n) is 13.0. The van der Waals surface area contributed by atoms with Crippen LogP contribution < -0.4 is 0 Å². The SMILES string of the molecule is CCCCCCCC/C=C\CCCCCCCC(=O)OCC(OC(=O)CCCCCCC/C=C\CCCCCCCC)C(CC(O)CO)OC(=O)CCCCCCC/C=C\CCCCCCCC. The van der Waals surface area contributed by atoms with Crippen molar-refractivity contribution >= 4 is 17.9 Å². The Morgan fingerprint density at radius 1 is 0.368 bits per heavy atom. The van der Waals surface area contributed by atoms with Crippen molar-refractivity contribution in [3.63, 3.8) is 0 Å². The number of carbonyl (C=O) groups excluding carboxylic acids is 3. The minimum atomic E-state index is -1.19. The number of aliphatic hydroxyl groups excluding tert-OH is 2. The highest BCUT2D eigenvalue weighted by atomic mass is 16.6. The van der Waals surface area contributed by atoms with Crippen molar-refractivity contribution in [3.8, 4) is 0 Å². The minimum Gasteiger partial charge on any atom is -0.462 e. The Balaban J connectivity index is 4.93. The Bertz CT molecular complexity index is 1180. The Hall–Kier alpha value is -2.45. The predicted molar refractivity (Wildman–Crippen MR) is 287 cm³/mol. The van der Waals surface area contributed by atoms with E-state index in [1.54, 1.807) is 0 Å². The van der Waals surface area contributed by atoms with Crippen LogP contribution in [0.2, 0.25) is 0 Å². The molecule has 0 aliphatic carbocycles. The smallest absolute Gasteiger partial charge is 0.306 e. The summed E-state index contributed by atoms with van der Waals surface area (Å²) in [5.74, 6) is -1.28. The van der Waals surface area contributed by atoms with Crippen LogP contribution in [-0.2, 0) is 28.6 Å². The summed E-state index contributed by atoms with van der Waals surface area (Å²) in [7, 11) is 0. The molecule has 68 heavy (non-hydrogen) atoms. The predicted octanol–water partition coefficient (Wildman–Crippen LogP) is 17.2. The zero-order valence-electron chi connectivity index (χ0n) is 44.9. The number of aliphatic hydroxyl groups is 2. The highest BCUT2D eigenvalue weighted by molar-refractivity contribution is 5.71. The zero-order chi connectivity index (χ0) is 49.6. The normalized spacial score (nSPS) is 13.2. The zero-order valence-corrected chi connectivity index (χ0v) is 44.9. The molecule has 0 saturated heterocycles. The molecular weight excluding hydrogens is 849 g/mol. The van der Waals surface area contributed by atoms with Gasteiger partial charge in [-0.25, -0.2) is 0 Å². The fourth-order valence-electron chi connectivity index (χ4n) is 8.56. The Morgan fingerprint density at radius 3 is 0.941 bits per heavy atom. The standard InChI is InChI=1S/C60H110O8/c1-4-7-10-13-16-19-22-25-28-31-34-37-40-43-46-49-58(63)66-54-57(68-60(65)51-48-45-42-39-36-33-30-27-24-21-18-15-12-9-6-3)56(52-55(62)53-61)67-59(64)50-47-44-41-38-35-32-29-26-23-20-17-14-11-8-5-2/h25-30,55-57,61-62H,4-24,31-54H2,1-3H3/b28-25-,29-26-,30-27-. The Labute approximate surface area is 420 Å². The number of allylic oxidation sites excluding steroid dienone is 6. The second-order valence-electron chi connectivity index (χ2n) is 19.8. The molecule has 3 unspecified atom stereocenters. The number of unbranched alkanes of at least 4 members (excludes halogenated alkanes) is 33. The third kappa shape index (κ3) is 48.6. The van der Waals surface area contributed by atoms with Crippen LogP contribution >= 0.6 is 0 Å². The molecular formula is C60H110O8. The van der Waals surface area contributed by atoms with Crippen LogP contribution in [0, 0.1) is 0 Å². The molecule has 0 spiro atoms.